The van der Waals surface area contributed by atoms with Crippen molar-refractivity contribution in [1.82, 2.24) is 24.5 Å². The van der Waals surface area contributed by atoms with Crippen molar-refractivity contribution in [3.8, 4) is 17.3 Å². The van der Waals surface area contributed by atoms with Crippen LogP contribution in [0, 0.1) is 23.7 Å². The van der Waals surface area contributed by atoms with E-state index in [4.69, 9.17) is 20.3 Å². The standard InChI is InChI=1S/C25H39N7O3Si/c1-17-20(14-31(28-17)16-34-9-10-36(5)6)21-19(13-26)22(27)32(29-21)18-11-25(12-18)7-8-30(15-25)23(33)35-24(2,3)4/h14,18,36H,7-12,15-16,27H2,1-6H3. The molecule has 0 atom stereocenters. The fourth-order valence-corrected chi connectivity index (χ4v) is 5.82. The number of aryl methyl sites for hydroxylation is 1. The Morgan fingerprint density at radius 3 is 2.69 bits per heavy atom. The Hall–Kier alpha value is -2.84. The zero-order valence-corrected chi connectivity index (χ0v) is 23.5. The third-order valence-electron chi connectivity index (χ3n) is 7.10. The number of nitrogens with two attached hydrogens (primary N) is 1. The van der Waals surface area contributed by atoms with Crippen LogP contribution in [0.25, 0.3) is 11.3 Å². The van der Waals surface area contributed by atoms with Crippen molar-refractivity contribution >= 4 is 20.7 Å². The van der Waals surface area contributed by atoms with E-state index in [2.05, 4.69) is 24.3 Å². The minimum absolute atomic E-state index is 0.0594. The average Bonchev–Trinajstić information content (AvgIpc) is 3.44. The number of hydrogen-bond acceptors (Lipinski definition) is 7. The van der Waals surface area contributed by atoms with Crippen LogP contribution >= 0.6 is 0 Å². The topological polar surface area (TPSA) is 124 Å². The van der Waals surface area contributed by atoms with Crippen LogP contribution in [0.1, 0.15) is 57.3 Å². The zero-order chi connectivity index (χ0) is 26.3. The summed E-state index contributed by atoms with van der Waals surface area (Å²) in [5.74, 6) is 0.389. The third kappa shape index (κ3) is 5.44. The van der Waals surface area contributed by atoms with E-state index in [0.29, 0.717) is 36.9 Å². The first-order valence-corrected chi connectivity index (χ1v) is 15.9. The second kappa shape index (κ2) is 9.90. The second-order valence-electron chi connectivity index (χ2n) is 11.8. The van der Waals surface area contributed by atoms with Gasteiger partial charge in [0.15, 0.2) is 0 Å². The van der Waals surface area contributed by atoms with Gasteiger partial charge >= 0.3 is 6.09 Å². The SMILES string of the molecule is Cc1nn(COCC[SiH](C)C)cc1-c1nn(C2CC3(CCN(C(=O)OC(C)(C)C)C3)C2)c(N)c1C#N. The Balaban J connectivity index is 1.44. The van der Waals surface area contributed by atoms with E-state index in [1.807, 2.05) is 38.8 Å². The smallest absolute Gasteiger partial charge is 0.410 e. The van der Waals surface area contributed by atoms with Gasteiger partial charge < -0.3 is 20.1 Å². The number of rotatable bonds is 7. The number of nitrogens with zero attached hydrogens (tertiary/aromatic N) is 6. The molecule has 196 valence electrons. The molecule has 0 aromatic carbocycles. The Labute approximate surface area is 214 Å². The van der Waals surface area contributed by atoms with Gasteiger partial charge in [-0.25, -0.2) is 14.2 Å². The predicted molar refractivity (Wildman–Crippen MR) is 140 cm³/mol. The Morgan fingerprint density at radius 2 is 2.06 bits per heavy atom. The fourth-order valence-electron chi connectivity index (χ4n) is 5.18. The summed E-state index contributed by atoms with van der Waals surface area (Å²) in [6.45, 7) is 14.7. The number of hydrogen-bond donors (Lipinski definition) is 1. The van der Waals surface area contributed by atoms with E-state index in [9.17, 15) is 10.1 Å². The van der Waals surface area contributed by atoms with E-state index < -0.39 is 14.4 Å². The second-order valence-corrected chi connectivity index (χ2v) is 15.1. The molecule has 2 aromatic rings. The molecular formula is C25H39N7O3Si. The molecule has 0 bridgehead atoms. The number of nitriles is 1. The third-order valence-corrected chi connectivity index (χ3v) is 8.49. The summed E-state index contributed by atoms with van der Waals surface area (Å²) in [7, 11) is -0.643. The van der Waals surface area contributed by atoms with Crippen LogP contribution in [0.2, 0.25) is 19.1 Å². The lowest BCUT2D eigenvalue weighted by molar-refractivity contribution is 0.0188. The van der Waals surface area contributed by atoms with Crippen molar-refractivity contribution in [1.29, 1.82) is 5.26 Å². The molecule has 4 rings (SSSR count). The highest BCUT2D eigenvalue weighted by molar-refractivity contribution is 6.55. The molecule has 1 saturated carbocycles. The molecule has 3 heterocycles. The first-order valence-electron chi connectivity index (χ1n) is 12.8. The van der Waals surface area contributed by atoms with Crippen molar-refractivity contribution in [3.63, 3.8) is 0 Å². The number of carbonyl (C=O) groups is 1. The Kier molecular flexibility index (Phi) is 7.21. The summed E-state index contributed by atoms with van der Waals surface area (Å²) in [5, 5.41) is 19.2. The van der Waals surface area contributed by atoms with Crippen molar-refractivity contribution in [2.24, 2.45) is 5.41 Å². The van der Waals surface area contributed by atoms with Gasteiger partial charge in [-0.05, 0) is 58.4 Å². The highest BCUT2D eigenvalue weighted by atomic mass is 28.3. The highest BCUT2D eigenvalue weighted by Crippen LogP contribution is 2.55. The summed E-state index contributed by atoms with van der Waals surface area (Å²) >= 11 is 0. The van der Waals surface area contributed by atoms with Gasteiger partial charge in [0.2, 0.25) is 0 Å². The van der Waals surface area contributed by atoms with Gasteiger partial charge in [0, 0.05) is 40.3 Å². The number of aromatic nitrogens is 4. The zero-order valence-electron chi connectivity index (χ0n) is 22.4. The lowest BCUT2D eigenvalue weighted by Gasteiger charge is -2.45. The summed E-state index contributed by atoms with van der Waals surface area (Å²) in [5.41, 5.74) is 8.51. The summed E-state index contributed by atoms with van der Waals surface area (Å²) in [6.07, 6.45) is 4.31. The number of likely N-dealkylation sites (tertiary alicyclic amines) is 1. The highest BCUT2D eigenvalue weighted by Gasteiger charge is 2.51. The van der Waals surface area contributed by atoms with Gasteiger partial charge in [0.05, 0.1) is 11.7 Å². The number of carbonyl (C=O) groups excluding carboxylic acids is 1. The van der Waals surface area contributed by atoms with Crippen LogP contribution < -0.4 is 5.73 Å². The number of ether oxygens (including phenoxy) is 2. The molecule has 1 saturated heterocycles. The molecule has 36 heavy (non-hydrogen) atoms. The van der Waals surface area contributed by atoms with Crippen molar-refractivity contribution < 1.29 is 14.3 Å². The summed E-state index contributed by atoms with van der Waals surface area (Å²) in [4.78, 5) is 14.3. The summed E-state index contributed by atoms with van der Waals surface area (Å²) in [6, 6.07) is 3.48. The minimum atomic E-state index is -0.643. The van der Waals surface area contributed by atoms with Crippen LogP contribution in [-0.4, -0.2) is 64.6 Å². The first kappa shape index (κ1) is 26.2. The van der Waals surface area contributed by atoms with Crippen molar-refractivity contribution in [2.75, 3.05) is 25.4 Å². The van der Waals surface area contributed by atoms with Gasteiger partial charge in [-0.1, -0.05) is 13.1 Å². The predicted octanol–water partition coefficient (Wildman–Crippen LogP) is 3.93. The normalized spacial score (nSPS) is 21.7. The molecule has 0 unspecified atom stereocenters. The van der Waals surface area contributed by atoms with E-state index in [1.54, 1.807) is 9.36 Å². The van der Waals surface area contributed by atoms with Crippen LogP contribution in [0.15, 0.2) is 6.20 Å². The maximum atomic E-state index is 12.5. The average molecular weight is 514 g/mol. The molecule has 1 amide bonds. The lowest BCUT2D eigenvalue weighted by atomic mass is 9.65. The molecular weight excluding hydrogens is 474 g/mol. The van der Waals surface area contributed by atoms with Gasteiger partial charge in [-0.2, -0.15) is 15.5 Å². The van der Waals surface area contributed by atoms with Crippen molar-refractivity contribution in [2.45, 2.75) is 84.5 Å². The molecule has 1 spiro atoms. The van der Waals surface area contributed by atoms with Gasteiger partial charge in [0.25, 0.3) is 0 Å². The van der Waals surface area contributed by atoms with Crippen LogP contribution in [0.5, 0.6) is 0 Å². The first-order chi connectivity index (χ1) is 16.9. The lowest BCUT2D eigenvalue weighted by Crippen LogP contribution is -2.43. The number of anilines is 1. The van der Waals surface area contributed by atoms with E-state index in [1.165, 1.54) is 0 Å². The van der Waals surface area contributed by atoms with E-state index in [0.717, 1.165) is 43.2 Å². The van der Waals surface area contributed by atoms with Crippen LogP contribution in [-0.2, 0) is 16.2 Å². The molecule has 2 aromatic heterocycles. The maximum absolute atomic E-state index is 12.5. The van der Waals surface area contributed by atoms with Crippen LogP contribution in [0.4, 0.5) is 10.6 Å². The maximum Gasteiger partial charge on any atom is 0.410 e. The Bertz CT molecular complexity index is 1150. The van der Waals surface area contributed by atoms with Gasteiger partial charge in [-0.15, -0.1) is 0 Å². The molecule has 10 nitrogen and oxygen atoms in total. The molecule has 2 aliphatic rings. The van der Waals surface area contributed by atoms with Crippen LogP contribution in [0.3, 0.4) is 0 Å². The summed E-state index contributed by atoms with van der Waals surface area (Å²) < 4.78 is 14.9. The Morgan fingerprint density at radius 1 is 1.33 bits per heavy atom. The molecule has 0 radical (unpaired) electrons. The fraction of sp³-hybridized carbons (Fsp3) is 0.680. The quantitative estimate of drug-likeness (QED) is 0.439. The monoisotopic (exact) mass is 513 g/mol. The molecule has 11 heteroatoms. The molecule has 2 N–H and O–H groups in total. The molecule has 1 aliphatic heterocycles. The number of amides is 1. The van der Waals surface area contributed by atoms with E-state index in [-0.39, 0.29) is 17.6 Å². The number of nitrogen functional groups attached to an aromatic ring is 1. The van der Waals surface area contributed by atoms with E-state index >= 15 is 0 Å². The minimum Gasteiger partial charge on any atom is -0.444 e. The molecule has 1 aliphatic carbocycles. The van der Waals surface area contributed by atoms with Crippen molar-refractivity contribution in [3.05, 3.63) is 17.5 Å². The van der Waals surface area contributed by atoms with Gasteiger partial charge in [0.1, 0.15) is 35.5 Å². The largest absolute Gasteiger partial charge is 0.444 e. The van der Waals surface area contributed by atoms with Gasteiger partial charge in [-0.3, -0.25) is 0 Å². The molecule has 2 fully saturated rings.